The minimum Gasteiger partial charge on any atom is -0.366 e. The number of benzene rings is 2. The van der Waals surface area contributed by atoms with Gasteiger partial charge in [-0.05, 0) is 69.3 Å². The monoisotopic (exact) mass is 382 g/mol. The van der Waals surface area contributed by atoms with E-state index in [1.165, 1.54) is 0 Å². The van der Waals surface area contributed by atoms with Crippen LogP contribution < -0.4 is 16.4 Å². The highest BCUT2D eigenvalue weighted by molar-refractivity contribution is 5.97. The van der Waals surface area contributed by atoms with Crippen molar-refractivity contribution in [1.29, 1.82) is 0 Å². The molecule has 0 bridgehead atoms. The maximum atomic E-state index is 12.4. The highest BCUT2D eigenvalue weighted by Crippen LogP contribution is 2.16. The van der Waals surface area contributed by atoms with Crippen molar-refractivity contribution < 1.29 is 14.4 Å². The van der Waals surface area contributed by atoms with E-state index in [0.29, 0.717) is 11.3 Å². The molecule has 3 amide bonds. The summed E-state index contributed by atoms with van der Waals surface area (Å²) in [4.78, 5) is 37.5. The van der Waals surface area contributed by atoms with Gasteiger partial charge in [-0.15, -0.1) is 0 Å². The van der Waals surface area contributed by atoms with E-state index in [-0.39, 0.29) is 18.4 Å². The molecule has 7 nitrogen and oxygen atoms in total. The maximum absolute atomic E-state index is 12.4. The number of carbonyl (C=O) groups excluding carboxylic acids is 3. The molecule has 0 saturated carbocycles. The van der Waals surface area contributed by atoms with E-state index >= 15 is 0 Å². The topological polar surface area (TPSA) is 105 Å². The van der Waals surface area contributed by atoms with Crippen LogP contribution in [0.1, 0.15) is 28.4 Å². The summed E-state index contributed by atoms with van der Waals surface area (Å²) in [5.74, 6) is -0.976. The van der Waals surface area contributed by atoms with Crippen LogP contribution in [-0.4, -0.2) is 42.3 Å². The predicted molar refractivity (Wildman–Crippen MR) is 110 cm³/mol. The van der Waals surface area contributed by atoms with Crippen LogP contribution in [0.4, 0.5) is 11.4 Å². The van der Waals surface area contributed by atoms with Gasteiger partial charge in [0.25, 0.3) is 0 Å². The largest absolute Gasteiger partial charge is 0.366 e. The van der Waals surface area contributed by atoms with Crippen LogP contribution in [0.2, 0.25) is 0 Å². The fourth-order valence-electron chi connectivity index (χ4n) is 2.59. The van der Waals surface area contributed by atoms with Gasteiger partial charge in [0.1, 0.15) is 0 Å². The Morgan fingerprint density at radius 1 is 1.04 bits per heavy atom. The first kappa shape index (κ1) is 21.1. The van der Waals surface area contributed by atoms with Crippen molar-refractivity contribution in [3.05, 3.63) is 59.2 Å². The van der Waals surface area contributed by atoms with Gasteiger partial charge in [-0.1, -0.05) is 12.1 Å². The smallest absolute Gasteiger partial charge is 0.248 e. The van der Waals surface area contributed by atoms with E-state index in [0.717, 1.165) is 16.8 Å². The quantitative estimate of drug-likeness (QED) is 0.683. The van der Waals surface area contributed by atoms with Crippen LogP contribution in [0.25, 0.3) is 0 Å². The summed E-state index contributed by atoms with van der Waals surface area (Å²) in [7, 11) is 1.71. The predicted octanol–water partition coefficient (Wildman–Crippen LogP) is 2.30. The third-order valence-corrected chi connectivity index (χ3v) is 4.54. The number of hydrogen-bond donors (Lipinski definition) is 3. The Hall–Kier alpha value is -3.19. The van der Waals surface area contributed by atoms with Gasteiger partial charge in [0.05, 0.1) is 12.6 Å². The summed E-state index contributed by atoms with van der Waals surface area (Å²) in [6.07, 6.45) is 0. The van der Waals surface area contributed by atoms with Crippen molar-refractivity contribution in [3.63, 3.8) is 0 Å². The van der Waals surface area contributed by atoms with E-state index in [1.54, 1.807) is 43.1 Å². The highest BCUT2D eigenvalue weighted by atomic mass is 16.2. The Labute approximate surface area is 164 Å². The van der Waals surface area contributed by atoms with Gasteiger partial charge < -0.3 is 16.4 Å². The second-order valence-corrected chi connectivity index (χ2v) is 6.89. The van der Waals surface area contributed by atoms with E-state index < -0.39 is 11.9 Å². The van der Waals surface area contributed by atoms with Gasteiger partial charge in [0.2, 0.25) is 17.7 Å². The molecule has 0 heterocycles. The molecule has 0 aliphatic rings. The van der Waals surface area contributed by atoms with Crippen LogP contribution in [0, 0.1) is 13.8 Å². The van der Waals surface area contributed by atoms with Gasteiger partial charge in [-0.25, -0.2) is 0 Å². The molecule has 2 aromatic carbocycles. The van der Waals surface area contributed by atoms with Crippen LogP contribution in [0.5, 0.6) is 0 Å². The number of nitrogens with zero attached hydrogens (tertiary/aromatic N) is 1. The number of aryl methyl sites for hydroxylation is 2. The molecule has 0 radical (unpaired) electrons. The number of likely N-dealkylation sites (N-methyl/N-ethyl adjacent to an activating group) is 1. The molecule has 148 valence electrons. The fourth-order valence-corrected chi connectivity index (χ4v) is 2.59. The van der Waals surface area contributed by atoms with E-state index in [4.69, 9.17) is 5.73 Å². The molecule has 0 saturated heterocycles. The number of amides is 3. The van der Waals surface area contributed by atoms with Crippen LogP contribution >= 0.6 is 0 Å². The van der Waals surface area contributed by atoms with E-state index in [9.17, 15) is 14.4 Å². The molecule has 7 heteroatoms. The van der Waals surface area contributed by atoms with Crippen LogP contribution in [-0.2, 0) is 9.59 Å². The maximum Gasteiger partial charge on any atom is 0.248 e. The van der Waals surface area contributed by atoms with E-state index in [1.807, 2.05) is 32.0 Å². The lowest BCUT2D eigenvalue weighted by molar-refractivity contribution is -0.122. The van der Waals surface area contributed by atoms with E-state index in [2.05, 4.69) is 10.6 Å². The standard InChI is InChI=1S/C21H26N4O3/c1-13-5-6-14(2)18(11-13)24-19(26)12-25(4)15(3)21(28)23-17-9-7-16(8-10-17)20(22)27/h5-11,15H,12H2,1-4H3,(H2,22,27)(H,23,28)(H,24,26)/t15-/m1/s1. The Morgan fingerprint density at radius 2 is 1.68 bits per heavy atom. The molecule has 28 heavy (non-hydrogen) atoms. The van der Waals surface area contributed by atoms with Gasteiger partial charge in [0.15, 0.2) is 0 Å². The lowest BCUT2D eigenvalue weighted by Gasteiger charge is -2.23. The lowest BCUT2D eigenvalue weighted by atomic mass is 10.1. The summed E-state index contributed by atoms with van der Waals surface area (Å²) >= 11 is 0. The van der Waals surface area contributed by atoms with Gasteiger partial charge in [-0.3, -0.25) is 19.3 Å². The molecule has 2 rings (SSSR count). The number of carbonyl (C=O) groups is 3. The van der Waals surface area contributed by atoms with Gasteiger partial charge in [0, 0.05) is 16.9 Å². The Morgan fingerprint density at radius 3 is 2.29 bits per heavy atom. The Kier molecular flexibility index (Phi) is 6.89. The first-order valence-electron chi connectivity index (χ1n) is 8.95. The van der Waals surface area contributed by atoms with Crippen LogP contribution in [0.3, 0.4) is 0 Å². The molecule has 0 unspecified atom stereocenters. The van der Waals surface area contributed by atoms with Crippen molar-refractivity contribution >= 4 is 29.1 Å². The zero-order valence-corrected chi connectivity index (χ0v) is 16.6. The summed E-state index contributed by atoms with van der Waals surface area (Å²) in [5, 5.41) is 5.65. The number of primary amides is 1. The normalized spacial score (nSPS) is 11.8. The molecule has 0 aliphatic carbocycles. The summed E-state index contributed by atoms with van der Waals surface area (Å²) in [6, 6.07) is 11.6. The molecular formula is C21H26N4O3. The van der Waals surface area contributed by atoms with Crippen molar-refractivity contribution in [1.82, 2.24) is 4.90 Å². The van der Waals surface area contributed by atoms with Crippen molar-refractivity contribution in [2.45, 2.75) is 26.8 Å². The van der Waals surface area contributed by atoms with Gasteiger partial charge >= 0.3 is 0 Å². The summed E-state index contributed by atoms with van der Waals surface area (Å²) < 4.78 is 0. The molecule has 4 N–H and O–H groups in total. The molecule has 0 aliphatic heterocycles. The number of rotatable bonds is 7. The zero-order chi connectivity index (χ0) is 20.8. The first-order chi connectivity index (χ1) is 13.2. The molecule has 2 aromatic rings. The average molecular weight is 382 g/mol. The SMILES string of the molecule is Cc1ccc(C)c(NC(=O)CN(C)[C@H](C)C(=O)Nc2ccc(C(N)=O)cc2)c1. The number of nitrogens with one attached hydrogen (secondary N) is 2. The van der Waals surface area contributed by atoms with Crippen molar-refractivity contribution in [2.75, 3.05) is 24.2 Å². The van der Waals surface area contributed by atoms with Gasteiger partial charge in [-0.2, -0.15) is 0 Å². The minimum absolute atomic E-state index is 0.0720. The second kappa shape index (κ2) is 9.14. The molecular weight excluding hydrogens is 356 g/mol. The molecule has 0 spiro atoms. The fraction of sp³-hybridized carbons (Fsp3) is 0.286. The number of hydrogen-bond acceptors (Lipinski definition) is 4. The third-order valence-electron chi connectivity index (χ3n) is 4.54. The molecule has 0 aromatic heterocycles. The molecule has 0 fully saturated rings. The number of anilines is 2. The Bertz CT molecular complexity index is 878. The third kappa shape index (κ3) is 5.65. The first-order valence-corrected chi connectivity index (χ1v) is 8.95. The highest BCUT2D eigenvalue weighted by Gasteiger charge is 2.20. The average Bonchev–Trinajstić information content (AvgIpc) is 2.64. The summed E-state index contributed by atoms with van der Waals surface area (Å²) in [6.45, 7) is 5.68. The summed E-state index contributed by atoms with van der Waals surface area (Å²) in [5.41, 5.74) is 8.93. The number of nitrogens with two attached hydrogens (primary N) is 1. The van der Waals surface area contributed by atoms with Crippen molar-refractivity contribution in [3.8, 4) is 0 Å². The van der Waals surface area contributed by atoms with Crippen molar-refractivity contribution in [2.24, 2.45) is 5.73 Å². The zero-order valence-electron chi connectivity index (χ0n) is 16.6. The lowest BCUT2D eigenvalue weighted by Crippen LogP contribution is -2.43. The minimum atomic E-state index is -0.528. The molecule has 1 atom stereocenters. The Balaban J connectivity index is 1.92. The van der Waals surface area contributed by atoms with Crippen LogP contribution in [0.15, 0.2) is 42.5 Å². The second-order valence-electron chi connectivity index (χ2n) is 6.89.